The van der Waals surface area contributed by atoms with E-state index in [1.165, 1.54) is 11.8 Å². The Labute approximate surface area is 115 Å². The van der Waals surface area contributed by atoms with Crippen molar-refractivity contribution in [3.05, 3.63) is 59.7 Å². The first-order chi connectivity index (χ1) is 9.28. The van der Waals surface area contributed by atoms with E-state index >= 15 is 0 Å². The normalized spacial score (nSPS) is 17.2. The molecular weight excluding hydrogens is 256 g/mol. The van der Waals surface area contributed by atoms with E-state index in [9.17, 15) is 4.79 Å². The van der Waals surface area contributed by atoms with Crippen molar-refractivity contribution in [2.45, 2.75) is 10.1 Å². The maximum atomic E-state index is 12.1. The summed E-state index contributed by atoms with van der Waals surface area (Å²) in [5.74, 6) is -0.0428. The molecule has 1 amide bonds. The Morgan fingerprint density at radius 3 is 2.84 bits per heavy atom. The number of amides is 1. The predicted molar refractivity (Wildman–Crippen MR) is 74.8 cm³/mol. The van der Waals surface area contributed by atoms with Crippen LogP contribution in [0.5, 0.6) is 0 Å². The van der Waals surface area contributed by atoms with Gasteiger partial charge in [0.25, 0.3) is 0 Å². The van der Waals surface area contributed by atoms with Crippen LogP contribution in [-0.4, -0.2) is 5.91 Å². The van der Waals surface area contributed by atoms with E-state index in [4.69, 9.17) is 5.26 Å². The molecule has 1 aliphatic heterocycles. The summed E-state index contributed by atoms with van der Waals surface area (Å²) >= 11 is 1.52. The zero-order valence-corrected chi connectivity index (χ0v) is 10.8. The second-order valence-electron chi connectivity index (χ2n) is 4.22. The predicted octanol–water partition coefficient (Wildman–Crippen LogP) is 3.34. The Hall–Kier alpha value is -2.25. The molecule has 19 heavy (non-hydrogen) atoms. The summed E-state index contributed by atoms with van der Waals surface area (Å²) in [5.41, 5.74) is 2.28. The number of hydrogen-bond acceptors (Lipinski definition) is 3. The van der Waals surface area contributed by atoms with Gasteiger partial charge in [0.15, 0.2) is 0 Å². The van der Waals surface area contributed by atoms with Crippen molar-refractivity contribution in [2.24, 2.45) is 0 Å². The second-order valence-corrected chi connectivity index (χ2v) is 5.37. The molecule has 0 aliphatic carbocycles. The number of thioether (sulfide) groups is 1. The van der Waals surface area contributed by atoms with E-state index in [2.05, 4.69) is 11.4 Å². The van der Waals surface area contributed by atoms with Gasteiger partial charge in [0.2, 0.25) is 5.91 Å². The average molecular weight is 266 g/mol. The number of fused-ring (bicyclic) bond motifs is 1. The Morgan fingerprint density at radius 1 is 1.16 bits per heavy atom. The number of carbonyl (C=O) groups excluding carboxylic acids is 1. The average Bonchev–Trinajstić information content (AvgIpc) is 2.46. The van der Waals surface area contributed by atoms with Crippen molar-refractivity contribution >= 4 is 23.4 Å². The molecule has 0 saturated carbocycles. The van der Waals surface area contributed by atoms with Crippen LogP contribution in [-0.2, 0) is 4.79 Å². The molecule has 1 atom stereocenters. The van der Waals surface area contributed by atoms with E-state index in [-0.39, 0.29) is 11.2 Å². The van der Waals surface area contributed by atoms with Crippen LogP contribution in [0.25, 0.3) is 0 Å². The highest BCUT2D eigenvalue weighted by Gasteiger charge is 2.28. The maximum absolute atomic E-state index is 12.1. The quantitative estimate of drug-likeness (QED) is 0.861. The third-order valence-corrected chi connectivity index (χ3v) is 4.28. The summed E-state index contributed by atoms with van der Waals surface area (Å²) in [5, 5.41) is 11.5. The lowest BCUT2D eigenvalue weighted by atomic mass is 10.1. The van der Waals surface area contributed by atoms with Gasteiger partial charge < -0.3 is 5.32 Å². The van der Waals surface area contributed by atoms with Gasteiger partial charge in [0, 0.05) is 4.90 Å². The van der Waals surface area contributed by atoms with Crippen molar-refractivity contribution in [3.8, 4) is 6.07 Å². The summed E-state index contributed by atoms with van der Waals surface area (Å²) in [4.78, 5) is 13.2. The van der Waals surface area contributed by atoms with Crippen LogP contribution in [0.3, 0.4) is 0 Å². The number of para-hydroxylation sites is 1. The number of hydrogen-bond donors (Lipinski definition) is 1. The van der Waals surface area contributed by atoms with Crippen LogP contribution in [0, 0.1) is 11.3 Å². The number of nitrogens with zero attached hydrogens (tertiary/aromatic N) is 1. The van der Waals surface area contributed by atoms with Gasteiger partial charge in [0.05, 0.1) is 17.3 Å². The van der Waals surface area contributed by atoms with Crippen LogP contribution < -0.4 is 5.32 Å². The van der Waals surface area contributed by atoms with Crippen molar-refractivity contribution in [1.29, 1.82) is 5.26 Å². The van der Waals surface area contributed by atoms with Gasteiger partial charge in [-0.25, -0.2) is 0 Å². The SMILES string of the molecule is N#Cc1cccc([C@H]2Sc3ccccc3NC2=O)c1. The van der Waals surface area contributed by atoms with Crippen LogP contribution >= 0.6 is 11.8 Å². The number of nitriles is 1. The zero-order chi connectivity index (χ0) is 13.2. The summed E-state index contributed by atoms with van der Waals surface area (Å²) < 4.78 is 0. The first-order valence-corrected chi connectivity index (χ1v) is 6.72. The molecule has 0 bridgehead atoms. The molecule has 2 aromatic carbocycles. The molecule has 0 unspecified atom stereocenters. The Balaban J connectivity index is 1.98. The molecule has 0 fully saturated rings. The molecule has 3 rings (SSSR count). The van der Waals surface area contributed by atoms with Crippen LogP contribution in [0.1, 0.15) is 16.4 Å². The Kier molecular flexibility index (Phi) is 2.98. The highest BCUT2D eigenvalue weighted by Crippen LogP contribution is 2.43. The molecule has 0 saturated heterocycles. The van der Waals surface area contributed by atoms with Gasteiger partial charge in [-0.3, -0.25) is 4.79 Å². The monoisotopic (exact) mass is 266 g/mol. The second kappa shape index (κ2) is 4.79. The fraction of sp³-hybridized carbons (Fsp3) is 0.0667. The van der Waals surface area contributed by atoms with E-state index in [1.807, 2.05) is 36.4 Å². The number of rotatable bonds is 1. The van der Waals surface area contributed by atoms with E-state index < -0.39 is 0 Å². The van der Waals surface area contributed by atoms with Gasteiger partial charge in [0.1, 0.15) is 5.25 Å². The number of benzene rings is 2. The molecule has 1 heterocycles. The molecule has 0 spiro atoms. The minimum absolute atomic E-state index is 0.0428. The number of carbonyl (C=O) groups is 1. The minimum Gasteiger partial charge on any atom is -0.324 e. The van der Waals surface area contributed by atoms with Crippen molar-refractivity contribution < 1.29 is 4.79 Å². The number of nitrogens with one attached hydrogen (secondary N) is 1. The lowest BCUT2D eigenvalue weighted by Crippen LogP contribution is -2.23. The molecule has 0 aromatic heterocycles. The van der Waals surface area contributed by atoms with Crippen LogP contribution in [0.2, 0.25) is 0 Å². The van der Waals surface area contributed by atoms with Crippen molar-refractivity contribution in [2.75, 3.05) is 5.32 Å². The van der Waals surface area contributed by atoms with Crippen LogP contribution in [0.4, 0.5) is 5.69 Å². The first-order valence-electron chi connectivity index (χ1n) is 5.84. The van der Waals surface area contributed by atoms with Gasteiger partial charge >= 0.3 is 0 Å². The Bertz CT molecular complexity index is 691. The summed E-state index contributed by atoms with van der Waals surface area (Å²) in [6.07, 6.45) is 0. The van der Waals surface area contributed by atoms with Gasteiger partial charge in [-0.05, 0) is 29.8 Å². The van der Waals surface area contributed by atoms with Gasteiger partial charge in [-0.2, -0.15) is 5.26 Å². The van der Waals surface area contributed by atoms with Gasteiger partial charge in [-0.15, -0.1) is 11.8 Å². The minimum atomic E-state index is -0.303. The molecule has 1 aliphatic rings. The summed E-state index contributed by atoms with van der Waals surface area (Å²) in [7, 11) is 0. The largest absolute Gasteiger partial charge is 0.324 e. The molecular formula is C15H10N2OS. The smallest absolute Gasteiger partial charge is 0.242 e. The molecule has 4 heteroatoms. The molecule has 1 N–H and O–H groups in total. The third-order valence-electron chi connectivity index (χ3n) is 2.95. The van der Waals surface area contributed by atoms with Gasteiger partial charge in [-0.1, -0.05) is 24.3 Å². The lowest BCUT2D eigenvalue weighted by molar-refractivity contribution is -0.115. The molecule has 0 radical (unpaired) electrons. The van der Waals surface area contributed by atoms with Crippen LogP contribution in [0.15, 0.2) is 53.4 Å². The molecule has 3 nitrogen and oxygen atoms in total. The van der Waals surface area contributed by atoms with E-state index in [1.54, 1.807) is 12.1 Å². The lowest BCUT2D eigenvalue weighted by Gasteiger charge is -2.24. The fourth-order valence-corrected chi connectivity index (χ4v) is 3.15. The molecule has 92 valence electrons. The standard InChI is InChI=1S/C15H10N2OS/c16-9-10-4-3-5-11(8-10)14-15(18)17-12-6-1-2-7-13(12)19-14/h1-8,14H,(H,17,18)/t14-/m1/s1. The van der Waals surface area contributed by atoms with E-state index in [0.29, 0.717) is 5.56 Å². The third kappa shape index (κ3) is 2.20. The zero-order valence-electron chi connectivity index (χ0n) is 9.96. The highest BCUT2D eigenvalue weighted by atomic mass is 32.2. The van der Waals surface area contributed by atoms with E-state index in [0.717, 1.165) is 16.1 Å². The Morgan fingerprint density at radius 2 is 2.00 bits per heavy atom. The number of anilines is 1. The summed E-state index contributed by atoms with van der Waals surface area (Å²) in [6.45, 7) is 0. The molecule has 2 aromatic rings. The fourth-order valence-electron chi connectivity index (χ4n) is 2.04. The van der Waals surface area contributed by atoms with Crippen molar-refractivity contribution in [3.63, 3.8) is 0 Å². The first kappa shape index (κ1) is 11.8. The maximum Gasteiger partial charge on any atom is 0.242 e. The topological polar surface area (TPSA) is 52.9 Å². The summed E-state index contributed by atoms with van der Waals surface area (Å²) in [6, 6.07) is 17.0. The van der Waals surface area contributed by atoms with Crippen molar-refractivity contribution in [1.82, 2.24) is 0 Å². The highest BCUT2D eigenvalue weighted by molar-refractivity contribution is 8.00.